The van der Waals surface area contributed by atoms with Gasteiger partial charge >= 0.3 is 0 Å². The number of nitrogens with one attached hydrogen (secondary N) is 1. The van der Waals surface area contributed by atoms with Crippen LogP contribution in [-0.4, -0.2) is 55.4 Å². The van der Waals surface area contributed by atoms with E-state index in [9.17, 15) is 5.11 Å². The van der Waals surface area contributed by atoms with E-state index in [-0.39, 0.29) is 6.10 Å². The lowest BCUT2D eigenvalue weighted by atomic mass is 10.2. The Hall–Kier alpha value is -1.26. The molecule has 1 atom stereocenters. The zero-order chi connectivity index (χ0) is 14.5. The number of benzene rings is 1. The lowest BCUT2D eigenvalue weighted by Crippen LogP contribution is -2.34. The maximum absolute atomic E-state index is 10.1. The number of anilines is 2. The number of nitrogens with zero attached hydrogens (tertiary/aromatic N) is 2. The van der Waals surface area contributed by atoms with Gasteiger partial charge in [-0.3, -0.25) is 0 Å². The maximum atomic E-state index is 10.1. The van der Waals surface area contributed by atoms with E-state index in [2.05, 4.69) is 39.4 Å². The highest BCUT2D eigenvalue weighted by molar-refractivity contribution is 5.55. The molecule has 1 aromatic rings. The van der Waals surface area contributed by atoms with Crippen LogP contribution in [0.1, 0.15) is 25.7 Å². The summed E-state index contributed by atoms with van der Waals surface area (Å²) in [6.45, 7) is 6.06. The van der Waals surface area contributed by atoms with Crippen LogP contribution in [0.3, 0.4) is 0 Å². The summed E-state index contributed by atoms with van der Waals surface area (Å²) < 4.78 is 0. The van der Waals surface area contributed by atoms with Gasteiger partial charge in [0, 0.05) is 37.6 Å². The quantitative estimate of drug-likeness (QED) is 0.842. The van der Waals surface area contributed by atoms with Gasteiger partial charge in [-0.1, -0.05) is 0 Å². The predicted octanol–water partition coefficient (Wildman–Crippen LogP) is 2.16. The zero-order valence-corrected chi connectivity index (χ0v) is 12.8. The Labute approximate surface area is 127 Å². The van der Waals surface area contributed by atoms with Crippen LogP contribution in [-0.2, 0) is 0 Å². The second-order valence-electron chi connectivity index (χ2n) is 6.28. The monoisotopic (exact) mass is 289 g/mol. The molecule has 2 fully saturated rings. The minimum Gasteiger partial charge on any atom is -0.390 e. The summed E-state index contributed by atoms with van der Waals surface area (Å²) in [6, 6.07) is 8.60. The lowest BCUT2D eigenvalue weighted by Gasteiger charge is -2.21. The molecule has 2 saturated heterocycles. The van der Waals surface area contributed by atoms with Crippen molar-refractivity contribution in [2.24, 2.45) is 0 Å². The smallest absolute Gasteiger partial charge is 0.0839 e. The molecule has 0 amide bonds. The number of aliphatic hydroxyl groups is 1. The molecule has 1 unspecified atom stereocenters. The van der Waals surface area contributed by atoms with Gasteiger partial charge in [-0.25, -0.2) is 0 Å². The van der Waals surface area contributed by atoms with Crippen molar-refractivity contribution in [2.75, 3.05) is 49.5 Å². The molecule has 0 bridgehead atoms. The molecule has 2 heterocycles. The Morgan fingerprint density at radius 1 is 0.952 bits per heavy atom. The van der Waals surface area contributed by atoms with Crippen LogP contribution >= 0.6 is 0 Å². The second-order valence-corrected chi connectivity index (χ2v) is 6.28. The van der Waals surface area contributed by atoms with Gasteiger partial charge in [-0.05, 0) is 63.0 Å². The number of rotatable bonds is 6. The fraction of sp³-hybridized carbons (Fsp3) is 0.647. The van der Waals surface area contributed by atoms with E-state index in [0.29, 0.717) is 6.54 Å². The molecule has 116 valence electrons. The van der Waals surface area contributed by atoms with E-state index in [1.807, 2.05) is 0 Å². The van der Waals surface area contributed by atoms with Crippen molar-refractivity contribution in [1.29, 1.82) is 0 Å². The molecule has 4 nitrogen and oxygen atoms in total. The van der Waals surface area contributed by atoms with Crippen LogP contribution in [0.4, 0.5) is 11.4 Å². The SMILES string of the molecule is OC(CNc1ccc(N2CCCC2)cc1)CN1CCCC1. The number of β-amino-alcohol motifs (C(OH)–C–C–N with tert-alkyl or cyclic N) is 1. The van der Waals surface area contributed by atoms with Gasteiger partial charge in [-0.15, -0.1) is 0 Å². The molecule has 3 rings (SSSR count). The van der Waals surface area contributed by atoms with Crippen LogP contribution < -0.4 is 10.2 Å². The fourth-order valence-electron chi connectivity index (χ4n) is 3.33. The van der Waals surface area contributed by atoms with Crippen LogP contribution in [0.25, 0.3) is 0 Å². The van der Waals surface area contributed by atoms with Crippen LogP contribution in [0.5, 0.6) is 0 Å². The topological polar surface area (TPSA) is 38.7 Å². The summed E-state index contributed by atoms with van der Waals surface area (Å²) in [5.41, 5.74) is 2.41. The molecular weight excluding hydrogens is 262 g/mol. The van der Waals surface area contributed by atoms with Gasteiger partial charge in [0.05, 0.1) is 6.10 Å². The van der Waals surface area contributed by atoms with E-state index in [0.717, 1.165) is 25.3 Å². The highest BCUT2D eigenvalue weighted by Gasteiger charge is 2.15. The molecule has 21 heavy (non-hydrogen) atoms. The third-order valence-corrected chi connectivity index (χ3v) is 4.55. The van der Waals surface area contributed by atoms with Crippen LogP contribution in [0.2, 0.25) is 0 Å². The van der Waals surface area contributed by atoms with E-state index < -0.39 is 0 Å². The van der Waals surface area contributed by atoms with Crippen molar-refractivity contribution in [3.63, 3.8) is 0 Å². The summed E-state index contributed by atoms with van der Waals surface area (Å²) in [4.78, 5) is 4.79. The molecule has 2 N–H and O–H groups in total. The Bertz CT molecular complexity index is 422. The Kier molecular flexibility index (Phi) is 4.99. The molecule has 0 aliphatic carbocycles. The largest absolute Gasteiger partial charge is 0.390 e. The summed E-state index contributed by atoms with van der Waals surface area (Å²) in [5.74, 6) is 0. The van der Waals surface area contributed by atoms with Crippen LogP contribution in [0.15, 0.2) is 24.3 Å². The molecular formula is C17H27N3O. The minimum atomic E-state index is -0.290. The van der Waals surface area contributed by atoms with E-state index in [1.54, 1.807) is 0 Å². The van der Waals surface area contributed by atoms with Crippen molar-refractivity contribution in [3.8, 4) is 0 Å². The van der Waals surface area contributed by atoms with Crippen molar-refractivity contribution in [1.82, 2.24) is 4.90 Å². The lowest BCUT2D eigenvalue weighted by molar-refractivity contribution is 0.135. The Morgan fingerprint density at radius 2 is 1.57 bits per heavy atom. The van der Waals surface area contributed by atoms with Crippen molar-refractivity contribution in [2.45, 2.75) is 31.8 Å². The van der Waals surface area contributed by atoms with Gasteiger partial charge < -0.3 is 20.2 Å². The first-order chi connectivity index (χ1) is 10.3. The second kappa shape index (κ2) is 7.14. The van der Waals surface area contributed by atoms with E-state index in [1.165, 1.54) is 44.5 Å². The van der Waals surface area contributed by atoms with Gasteiger partial charge in [0.25, 0.3) is 0 Å². The first-order valence-electron chi connectivity index (χ1n) is 8.30. The molecule has 4 heteroatoms. The third-order valence-electron chi connectivity index (χ3n) is 4.55. The standard InChI is InChI=1S/C17H27N3O/c21-17(14-19-9-1-2-10-19)13-18-15-5-7-16(8-6-15)20-11-3-4-12-20/h5-8,17-18,21H,1-4,9-14H2. The average Bonchev–Trinajstić information content (AvgIpc) is 3.19. The Morgan fingerprint density at radius 3 is 2.24 bits per heavy atom. The third kappa shape index (κ3) is 4.11. The molecule has 0 saturated carbocycles. The number of likely N-dealkylation sites (tertiary alicyclic amines) is 1. The normalized spacial score (nSPS) is 20.9. The summed E-state index contributed by atoms with van der Waals surface area (Å²) >= 11 is 0. The highest BCUT2D eigenvalue weighted by atomic mass is 16.3. The van der Waals surface area contributed by atoms with Gasteiger partial charge in [-0.2, -0.15) is 0 Å². The van der Waals surface area contributed by atoms with Gasteiger partial charge in [0.1, 0.15) is 0 Å². The molecule has 1 aromatic carbocycles. The highest BCUT2D eigenvalue weighted by Crippen LogP contribution is 2.22. The Balaban J connectivity index is 1.44. The number of hydrogen-bond donors (Lipinski definition) is 2. The van der Waals surface area contributed by atoms with Crippen molar-refractivity contribution < 1.29 is 5.11 Å². The van der Waals surface area contributed by atoms with Crippen molar-refractivity contribution >= 4 is 11.4 Å². The van der Waals surface area contributed by atoms with Gasteiger partial charge in [0.2, 0.25) is 0 Å². The van der Waals surface area contributed by atoms with E-state index in [4.69, 9.17) is 0 Å². The zero-order valence-electron chi connectivity index (χ0n) is 12.8. The first kappa shape index (κ1) is 14.7. The summed E-state index contributed by atoms with van der Waals surface area (Å²) in [7, 11) is 0. The average molecular weight is 289 g/mol. The fourth-order valence-corrected chi connectivity index (χ4v) is 3.33. The molecule has 0 spiro atoms. The maximum Gasteiger partial charge on any atom is 0.0839 e. The molecule has 2 aliphatic heterocycles. The van der Waals surface area contributed by atoms with Crippen molar-refractivity contribution in [3.05, 3.63) is 24.3 Å². The van der Waals surface area contributed by atoms with Crippen LogP contribution in [0, 0.1) is 0 Å². The number of hydrogen-bond acceptors (Lipinski definition) is 4. The summed E-state index contributed by atoms with van der Waals surface area (Å²) in [5, 5.41) is 13.4. The summed E-state index contributed by atoms with van der Waals surface area (Å²) in [6.07, 6.45) is 4.88. The number of aliphatic hydroxyl groups excluding tert-OH is 1. The predicted molar refractivity (Wildman–Crippen MR) is 88.1 cm³/mol. The minimum absolute atomic E-state index is 0.290. The molecule has 0 radical (unpaired) electrons. The molecule has 0 aromatic heterocycles. The van der Waals surface area contributed by atoms with Gasteiger partial charge in [0.15, 0.2) is 0 Å². The molecule has 2 aliphatic rings. The first-order valence-corrected chi connectivity index (χ1v) is 8.30. The van der Waals surface area contributed by atoms with E-state index >= 15 is 0 Å².